The Morgan fingerprint density at radius 3 is 2.62 bits per heavy atom. The first-order valence-corrected chi connectivity index (χ1v) is 10.2. The molecule has 7 nitrogen and oxygen atoms in total. The molecule has 7 heteroatoms. The third kappa shape index (κ3) is 4.41. The van der Waals surface area contributed by atoms with Crippen LogP contribution in [0.5, 0.6) is 0 Å². The van der Waals surface area contributed by atoms with E-state index in [0.717, 1.165) is 19.4 Å². The third-order valence-electron chi connectivity index (χ3n) is 5.41. The molecule has 1 fully saturated rings. The summed E-state index contributed by atoms with van der Waals surface area (Å²) in [6, 6.07) is 13.7. The van der Waals surface area contributed by atoms with Crippen LogP contribution in [0.2, 0.25) is 0 Å². The zero-order valence-electron chi connectivity index (χ0n) is 16.6. The fourth-order valence-corrected chi connectivity index (χ4v) is 3.76. The monoisotopic (exact) mass is 393 g/mol. The Hall–Kier alpha value is -2.90. The Balaban J connectivity index is 1.36. The van der Waals surface area contributed by atoms with Gasteiger partial charge in [-0.15, -0.1) is 0 Å². The van der Waals surface area contributed by atoms with E-state index in [2.05, 4.69) is 39.7 Å². The number of carbonyl (C=O) groups is 2. The standard InChI is InChI=1S/C22H27N5O2/c1-2-10-23-21(28)15-5-7-19(8-6-15)25-22(29)27-13-17-4-3-16(12-18(17)14-27)20-9-11-24-26-20/h3-8,12,20,24,26H,2,9-11,13-14H2,1H3,(H,23,28)(H,25,29). The third-order valence-corrected chi connectivity index (χ3v) is 5.41. The van der Waals surface area contributed by atoms with Gasteiger partial charge in [0.15, 0.2) is 0 Å². The molecule has 0 saturated carbocycles. The maximum Gasteiger partial charge on any atom is 0.322 e. The van der Waals surface area contributed by atoms with Crippen LogP contribution >= 0.6 is 0 Å². The van der Waals surface area contributed by atoms with Crippen molar-refractivity contribution in [3.63, 3.8) is 0 Å². The molecule has 2 aliphatic rings. The lowest BCUT2D eigenvalue weighted by Crippen LogP contribution is -2.30. The maximum atomic E-state index is 12.7. The minimum atomic E-state index is -0.133. The van der Waals surface area contributed by atoms with Crippen LogP contribution in [0, 0.1) is 0 Å². The van der Waals surface area contributed by atoms with Gasteiger partial charge >= 0.3 is 6.03 Å². The van der Waals surface area contributed by atoms with E-state index in [-0.39, 0.29) is 11.9 Å². The van der Waals surface area contributed by atoms with Crippen molar-refractivity contribution in [2.75, 3.05) is 18.4 Å². The topological polar surface area (TPSA) is 85.5 Å². The zero-order chi connectivity index (χ0) is 20.2. The summed E-state index contributed by atoms with van der Waals surface area (Å²) in [6.07, 6.45) is 1.96. The van der Waals surface area contributed by atoms with E-state index < -0.39 is 0 Å². The van der Waals surface area contributed by atoms with Crippen molar-refractivity contribution >= 4 is 17.6 Å². The number of amides is 3. The molecule has 2 aliphatic heterocycles. The van der Waals surface area contributed by atoms with Gasteiger partial charge in [-0.1, -0.05) is 25.1 Å². The molecule has 0 aliphatic carbocycles. The van der Waals surface area contributed by atoms with Gasteiger partial charge in [0, 0.05) is 43.5 Å². The van der Waals surface area contributed by atoms with Crippen LogP contribution in [-0.4, -0.2) is 29.9 Å². The number of urea groups is 1. The summed E-state index contributed by atoms with van der Waals surface area (Å²) in [6.45, 7) is 4.85. The number of anilines is 1. The van der Waals surface area contributed by atoms with Gasteiger partial charge in [0.05, 0.1) is 0 Å². The molecule has 29 heavy (non-hydrogen) atoms. The summed E-state index contributed by atoms with van der Waals surface area (Å²) >= 11 is 0. The quantitative estimate of drug-likeness (QED) is 0.629. The summed E-state index contributed by atoms with van der Waals surface area (Å²) < 4.78 is 0. The van der Waals surface area contributed by atoms with Crippen molar-refractivity contribution in [2.24, 2.45) is 0 Å². The Bertz CT molecular complexity index is 891. The smallest absolute Gasteiger partial charge is 0.322 e. The number of fused-ring (bicyclic) bond motifs is 1. The van der Waals surface area contributed by atoms with Crippen LogP contribution in [0.3, 0.4) is 0 Å². The molecule has 1 atom stereocenters. The molecular weight excluding hydrogens is 366 g/mol. The van der Waals surface area contributed by atoms with Gasteiger partial charge in [-0.25, -0.2) is 4.79 Å². The highest BCUT2D eigenvalue weighted by Gasteiger charge is 2.25. The molecule has 4 rings (SSSR count). The van der Waals surface area contributed by atoms with Gasteiger partial charge in [-0.2, -0.15) is 0 Å². The molecule has 2 aromatic carbocycles. The highest BCUT2D eigenvalue weighted by molar-refractivity contribution is 5.95. The first-order chi connectivity index (χ1) is 14.1. The maximum absolute atomic E-state index is 12.7. The van der Waals surface area contributed by atoms with Crippen LogP contribution in [0.15, 0.2) is 42.5 Å². The Morgan fingerprint density at radius 2 is 1.90 bits per heavy atom. The number of rotatable bonds is 5. The molecule has 152 valence electrons. The highest BCUT2D eigenvalue weighted by atomic mass is 16.2. The lowest BCUT2D eigenvalue weighted by Gasteiger charge is -2.16. The van der Waals surface area contributed by atoms with E-state index in [0.29, 0.717) is 36.9 Å². The van der Waals surface area contributed by atoms with Gasteiger partial charge in [0.1, 0.15) is 0 Å². The average Bonchev–Trinajstić information content (AvgIpc) is 3.41. The predicted octanol–water partition coefficient (Wildman–Crippen LogP) is 2.91. The van der Waals surface area contributed by atoms with E-state index in [4.69, 9.17) is 0 Å². The summed E-state index contributed by atoms with van der Waals surface area (Å²) in [5, 5.41) is 5.78. The van der Waals surface area contributed by atoms with Crippen molar-refractivity contribution in [1.82, 2.24) is 21.1 Å². The molecule has 3 amide bonds. The fraction of sp³-hybridized carbons (Fsp3) is 0.364. The SMILES string of the molecule is CCCNC(=O)c1ccc(NC(=O)N2Cc3ccc(C4CCNN4)cc3C2)cc1. The lowest BCUT2D eigenvalue weighted by atomic mass is 10.0. The van der Waals surface area contributed by atoms with E-state index in [1.165, 1.54) is 16.7 Å². The first kappa shape index (κ1) is 19.4. The average molecular weight is 393 g/mol. The number of hydrogen-bond acceptors (Lipinski definition) is 4. The van der Waals surface area contributed by atoms with Crippen molar-refractivity contribution in [1.29, 1.82) is 0 Å². The molecule has 1 saturated heterocycles. The molecule has 1 unspecified atom stereocenters. The molecule has 2 heterocycles. The Morgan fingerprint density at radius 1 is 1.10 bits per heavy atom. The normalized spacial score (nSPS) is 17.8. The number of carbonyl (C=O) groups excluding carboxylic acids is 2. The minimum absolute atomic E-state index is 0.0949. The van der Waals surface area contributed by atoms with Crippen LogP contribution in [-0.2, 0) is 13.1 Å². The molecule has 0 radical (unpaired) electrons. The van der Waals surface area contributed by atoms with E-state index in [9.17, 15) is 9.59 Å². The number of benzene rings is 2. The minimum Gasteiger partial charge on any atom is -0.352 e. The molecular formula is C22H27N5O2. The lowest BCUT2D eigenvalue weighted by molar-refractivity contribution is 0.0953. The summed E-state index contributed by atoms with van der Waals surface area (Å²) in [7, 11) is 0. The first-order valence-electron chi connectivity index (χ1n) is 10.2. The number of nitrogens with one attached hydrogen (secondary N) is 4. The predicted molar refractivity (Wildman–Crippen MR) is 112 cm³/mol. The van der Waals surface area contributed by atoms with Gasteiger partial charge in [0.2, 0.25) is 0 Å². The van der Waals surface area contributed by atoms with Crippen molar-refractivity contribution < 1.29 is 9.59 Å². The Labute approximate surface area is 170 Å². The van der Waals surface area contributed by atoms with Crippen LogP contribution in [0.1, 0.15) is 52.9 Å². The van der Waals surface area contributed by atoms with Crippen molar-refractivity contribution in [3.8, 4) is 0 Å². The van der Waals surface area contributed by atoms with Crippen LogP contribution < -0.4 is 21.5 Å². The van der Waals surface area contributed by atoms with E-state index >= 15 is 0 Å². The van der Waals surface area contributed by atoms with Crippen LogP contribution in [0.4, 0.5) is 10.5 Å². The molecule has 0 bridgehead atoms. The second-order valence-electron chi connectivity index (χ2n) is 7.56. The molecule has 2 aromatic rings. The van der Waals surface area contributed by atoms with Gasteiger partial charge in [0.25, 0.3) is 5.91 Å². The summed E-state index contributed by atoms with van der Waals surface area (Å²) in [5.74, 6) is -0.0949. The molecule has 0 aromatic heterocycles. The van der Waals surface area contributed by atoms with Crippen LogP contribution in [0.25, 0.3) is 0 Å². The highest BCUT2D eigenvalue weighted by Crippen LogP contribution is 2.28. The number of hydrogen-bond donors (Lipinski definition) is 4. The zero-order valence-corrected chi connectivity index (χ0v) is 16.6. The molecule has 0 spiro atoms. The largest absolute Gasteiger partial charge is 0.352 e. The van der Waals surface area contributed by atoms with Crippen molar-refractivity contribution in [2.45, 2.75) is 38.9 Å². The van der Waals surface area contributed by atoms with Gasteiger partial charge < -0.3 is 15.5 Å². The van der Waals surface area contributed by atoms with Crippen molar-refractivity contribution in [3.05, 3.63) is 64.7 Å². The summed E-state index contributed by atoms with van der Waals surface area (Å²) in [4.78, 5) is 26.5. The Kier molecular flexibility index (Phi) is 5.78. The second-order valence-corrected chi connectivity index (χ2v) is 7.56. The number of nitrogens with zero attached hydrogens (tertiary/aromatic N) is 1. The number of hydrazine groups is 1. The fourth-order valence-electron chi connectivity index (χ4n) is 3.76. The van der Waals surface area contributed by atoms with Gasteiger partial charge in [-0.3, -0.25) is 15.6 Å². The van der Waals surface area contributed by atoms with E-state index in [1.807, 2.05) is 6.92 Å². The summed E-state index contributed by atoms with van der Waals surface area (Å²) in [5.41, 5.74) is 11.4. The molecule has 4 N–H and O–H groups in total. The second kappa shape index (κ2) is 8.63. The van der Waals surface area contributed by atoms with Gasteiger partial charge in [-0.05, 0) is 53.8 Å². The van der Waals surface area contributed by atoms with E-state index in [1.54, 1.807) is 29.2 Å².